The second kappa shape index (κ2) is 8.05. The predicted molar refractivity (Wildman–Crippen MR) is 56.6 cm³/mol. The van der Waals surface area contributed by atoms with E-state index in [4.69, 9.17) is 39.5 Å². The average Bonchev–Trinajstić information content (AvgIpc) is 2.62. The van der Waals surface area contributed by atoms with Gasteiger partial charge in [0.1, 0.15) is 13.2 Å². The number of rotatable bonds is 0. The minimum Gasteiger partial charge on any atom is -0.485 e. The fourth-order valence-electron chi connectivity index (χ4n) is 0.787. The molecule has 96 valence electrons. The Hall–Kier alpha value is -2.16. The number of fused-ring (bicyclic) bond motifs is 1. The van der Waals surface area contributed by atoms with Crippen molar-refractivity contribution < 1.29 is 39.5 Å². The summed E-state index contributed by atoms with van der Waals surface area (Å²) in [7, 11) is 0. The molecule has 0 amide bonds. The van der Waals surface area contributed by atoms with Crippen LogP contribution >= 0.6 is 11.3 Å². The van der Waals surface area contributed by atoms with Gasteiger partial charge >= 0.3 is 12.3 Å². The quantitative estimate of drug-likeness (QED) is 0.560. The van der Waals surface area contributed by atoms with Crippen molar-refractivity contribution in [1.82, 2.24) is 0 Å². The number of thiophene rings is 1. The topological polar surface area (TPSA) is 134 Å². The third-order valence-electron chi connectivity index (χ3n) is 1.19. The molecule has 0 radical (unpaired) electrons. The highest BCUT2D eigenvalue weighted by molar-refractivity contribution is 7.08. The van der Waals surface area contributed by atoms with Gasteiger partial charge < -0.3 is 29.9 Å². The van der Waals surface area contributed by atoms with Gasteiger partial charge in [-0.3, -0.25) is 0 Å². The van der Waals surface area contributed by atoms with E-state index < -0.39 is 12.3 Å². The molecule has 4 N–H and O–H groups in total. The lowest BCUT2D eigenvalue weighted by Gasteiger charge is -2.13. The van der Waals surface area contributed by atoms with Crippen LogP contribution in [0, 0.1) is 0 Å². The monoisotopic (exact) mass is 266 g/mol. The van der Waals surface area contributed by atoms with Gasteiger partial charge in [0.25, 0.3) is 0 Å². The van der Waals surface area contributed by atoms with Gasteiger partial charge in [-0.2, -0.15) is 0 Å². The van der Waals surface area contributed by atoms with Gasteiger partial charge in [0.05, 0.1) is 0 Å². The summed E-state index contributed by atoms with van der Waals surface area (Å²) in [5.74, 6) is 1.79. The van der Waals surface area contributed by atoms with Crippen LogP contribution in [0.1, 0.15) is 0 Å². The molecule has 0 atom stereocenters. The van der Waals surface area contributed by atoms with Crippen LogP contribution in [0.4, 0.5) is 9.59 Å². The van der Waals surface area contributed by atoms with Crippen LogP contribution in [0.25, 0.3) is 0 Å². The maximum atomic E-state index is 8.56. The van der Waals surface area contributed by atoms with E-state index in [-0.39, 0.29) is 0 Å². The Kier molecular flexibility index (Phi) is 7.02. The van der Waals surface area contributed by atoms with E-state index in [2.05, 4.69) is 0 Å². The molecule has 2 heterocycles. The van der Waals surface area contributed by atoms with Crippen LogP contribution in [0.2, 0.25) is 0 Å². The Morgan fingerprint density at radius 3 is 1.53 bits per heavy atom. The molecule has 0 saturated heterocycles. The third-order valence-corrected chi connectivity index (χ3v) is 1.89. The van der Waals surface area contributed by atoms with E-state index in [0.717, 1.165) is 11.5 Å². The lowest BCUT2D eigenvalue weighted by molar-refractivity contribution is 0.135. The number of carboxylic acid groups (broad SMARTS) is 4. The van der Waals surface area contributed by atoms with Crippen molar-refractivity contribution in [1.29, 1.82) is 0 Å². The predicted octanol–water partition coefficient (Wildman–Crippen LogP) is 1.96. The SMILES string of the molecule is O=C(O)O.O=C(O)O.c1scc2c1OCCO2. The minimum atomic E-state index is -1.83. The van der Waals surface area contributed by atoms with Crippen molar-refractivity contribution in [2.75, 3.05) is 13.2 Å². The van der Waals surface area contributed by atoms with Gasteiger partial charge in [-0.05, 0) is 0 Å². The summed E-state index contributed by atoms with van der Waals surface area (Å²) < 4.78 is 10.5. The molecule has 17 heavy (non-hydrogen) atoms. The number of hydrogen-bond donors (Lipinski definition) is 4. The zero-order chi connectivity index (χ0) is 13.3. The number of hydrogen-bond acceptors (Lipinski definition) is 5. The first-order valence-electron chi connectivity index (χ1n) is 4.09. The molecule has 1 aromatic heterocycles. The summed E-state index contributed by atoms with van der Waals surface area (Å²) in [6, 6.07) is 0. The van der Waals surface area contributed by atoms with Crippen molar-refractivity contribution in [2.45, 2.75) is 0 Å². The van der Waals surface area contributed by atoms with E-state index in [9.17, 15) is 0 Å². The standard InChI is InChI=1S/C6H6O2S.2CH2O3/c1-2-8-6-4-9-3-5(6)7-1;2*2-1(3)4/h3-4H,1-2H2;2*(H2,2,3,4). The highest BCUT2D eigenvalue weighted by Gasteiger charge is 2.10. The maximum Gasteiger partial charge on any atom is 0.503 e. The molecule has 2 rings (SSSR count). The van der Waals surface area contributed by atoms with Gasteiger partial charge in [0.15, 0.2) is 11.5 Å². The van der Waals surface area contributed by atoms with Crippen molar-refractivity contribution >= 4 is 23.6 Å². The van der Waals surface area contributed by atoms with E-state index in [0.29, 0.717) is 13.2 Å². The van der Waals surface area contributed by atoms with E-state index >= 15 is 0 Å². The molecule has 8 nitrogen and oxygen atoms in total. The van der Waals surface area contributed by atoms with Gasteiger partial charge in [-0.25, -0.2) is 9.59 Å². The molecule has 0 aliphatic carbocycles. The molecule has 1 aliphatic heterocycles. The Balaban J connectivity index is 0.000000274. The average molecular weight is 266 g/mol. The fourth-order valence-corrected chi connectivity index (χ4v) is 1.47. The lowest BCUT2D eigenvalue weighted by atomic mass is 10.5. The summed E-state index contributed by atoms with van der Waals surface area (Å²) in [5.41, 5.74) is 0. The van der Waals surface area contributed by atoms with Crippen LogP contribution < -0.4 is 9.47 Å². The molecule has 0 bridgehead atoms. The summed E-state index contributed by atoms with van der Waals surface area (Å²) in [4.78, 5) is 17.1. The zero-order valence-electron chi connectivity index (χ0n) is 8.40. The molecule has 0 fully saturated rings. The highest BCUT2D eigenvalue weighted by Crippen LogP contribution is 2.33. The largest absolute Gasteiger partial charge is 0.503 e. The van der Waals surface area contributed by atoms with Crippen LogP contribution in [0.5, 0.6) is 11.5 Å². The van der Waals surface area contributed by atoms with Gasteiger partial charge in [0, 0.05) is 10.8 Å². The Morgan fingerprint density at radius 1 is 0.941 bits per heavy atom. The molecule has 0 saturated carbocycles. The second-order valence-electron chi connectivity index (χ2n) is 2.36. The Bertz CT molecular complexity index is 320. The second-order valence-corrected chi connectivity index (χ2v) is 3.11. The first-order valence-corrected chi connectivity index (χ1v) is 5.03. The summed E-state index contributed by atoms with van der Waals surface area (Å²) in [6.45, 7) is 1.37. The minimum absolute atomic E-state index is 0.684. The van der Waals surface area contributed by atoms with E-state index in [1.807, 2.05) is 10.8 Å². The Morgan fingerprint density at radius 2 is 1.24 bits per heavy atom. The van der Waals surface area contributed by atoms with Crippen LogP contribution in [0.3, 0.4) is 0 Å². The van der Waals surface area contributed by atoms with Gasteiger partial charge in [-0.1, -0.05) is 0 Å². The van der Waals surface area contributed by atoms with Gasteiger partial charge in [-0.15, -0.1) is 11.3 Å². The fraction of sp³-hybridized carbons (Fsp3) is 0.250. The lowest BCUT2D eigenvalue weighted by Crippen LogP contribution is -2.13. The number of carbonyl (C=O) groups is 2. The van der Waals surface area contributed by atoms with Crippen molar-refractivity contribution in [2.24, 2.45) is 0 Å². The Labute approximate surface area is 99.3 Å². The summed E-state index contributed by atoms with van der Waals surface area (Å²) in [5, 5.41) is 31.8. The normalized spacial score (nSPS) is 11.1. The van der Waals surface area contributed by atoms with Crippen molar-refractivity contribution in [3.8, 4) is 11.5 Å². The maximum absolute atomic E-state index is 8.56. The molecule has 0 spiro atoms. The first kappa shape index (κ1) is 14.8. The molecule has 1 aliphatic rings. The summed E-state index contributed by atoms with van der Waals surface area (Å²) in [6.07, 6.45) is -3.67. The molecule has 1 aromatic rings. The number of ether oxygens (including phenoxy) is 2. The zero-order valence-corrected chi connectivity index (χ0v) is 9.22. The summed E-state index contributed by atoms with van der Waals surface area (Å²) >= 11 is 1.61. The van der Waals surface area contributed by atoms with Crippen LogP contribution in [-0.4, -0.2) is 46.0 Å². The van der Waals surface area contributed by atoms with Crippen molar-refractivity contribution in [3.05, 3.63) is 10.8 Å². The first-order chi connectivity index (χ1) is 7.93. The van der Waals surface area contributed by atoms with Crippen LogP contribution in [0.15, 0.2) is 10.8 Å². The van der Waals surface area contributed by atoms with Crippen LogP contribution in [-0.2, 0) is 0 Å². The molecule has 0 aromatic carbocycles. The third kappa shape index (κ3) is 8.81. The molecular weight excluding hydrogens is 256 g/mol. The highest BCUT2D eigenvalue weighted by atomic mass is 32.1. The smallest absolute Gasteiger partial charge is 0.485 e. The molecular formula is C8H10O8S. The van der Waals surface area contributed by atoms with Gasteiger partial charge in [0.2, 0.25) is 0 Å². The van der Waals surface area contributed by atoms with E-state index in [1.54, 1.807) is 11.3 Å². The van der Waals surface area contributed by atoms with Crippen molar-refractivity contribution in [3.63, 3.8) is 0 Å². The van der Waals surface area contributed by atoms with E-state index in [1.165, 1.54) is 0 Å². The molecule has 0 unspecified atom stereocenters. The molecule has 9 heteroatoms.